The van der Waals surface area contributed by atoms with Gasteiger partial charge in [0, 0.05) is 12.6 Å². The van der Waals surface area contributed by atoms with E-state index in [0.29, 0.717) is 16.9 Å². The Morgan fingerprint density at radius 1 is 1.56 bits per heavy atom. The first-order chi connectivity index (χ1) is 7.77. The van der Waals surface area contributed by atoms with Gasteiger partial charge in [-0.15, -0.1) is 0 Å². The standard InChI is InChI=1S/C11H16ClN3O/c1-3-8-5-4-6-15(8)11-9(16-2)10(12)13-7-14-11/h7-8H,3-6H2,1-2H3. The third kappa shape index (κ3) is 1.94. The van der Waals surface area contributed by atoms with Crippen LogP contribution in [0.15, 0.2) is 6.33 Å². The number of halogens is 1. The van der Waals surface area contributed by atoms with Crippen LogP contribution in [0.4, 0.5) is 5.82 Å². The minimum atomic E-state index is 0.384. The van der Waals surface area contributed by atoms with Crippen molar-refractivity contribution in [3.8, 4) is 5.75 Å². The van der Waals surface area contributed by atoms with Crippen LogP contribution in [0.5, 0.6) is 5.75 Å². The number of ether oxygens (including phenoxy) is 1. The molecule has 16 heavy (non-hydrogen) atoms. The molecule has 0 radical (unpaired) electrons. The van der Waals surface area contributed by atoms with Gasteiger partial charge < -0.3 is 9.64 Å². The summed E-state index contributed by atoms with van der Waals surface area (Å²) < 4.78 is 5.28. The predicted molar refractivity (Wildman–Crippen MR) is 64.3 cm³/mol. The first-order valence-electron chi connectivity index (χ1n) is 5.59. The summed E-state index contributed by atoms with van der Waals surface area (Å²) in [7, 11) is 1.60. The zero-order valence-electron chi connectivity index (χ0n) is 9.61. The van der Waals surface area contributed by atoms with Crippen LogP contribution in [0, 0.1) is 0 Å². The Hall–Kier alpha value is -1.03. The van der Waals surface area contributed by atoms with E-state index in [0.717, 1.165) is 18.8 Å². The van der Waals surface area contributed by atoms with E-state index in [4.69, 9.17) is 16.3 Å². The van der Waals surface area contributed by atoms with Gasteiger partial charge in [0.05, 0.1) is 7.11 Å². The van der Waals surface area contributed by atoms with Gasteiger partial charge in [-0.25, -0.2) is 9.97 Å². The van der Waals surface area contributed by atoms with Crippen molar-refractivity contribution in [2.75, 3.05) is 18.6 Å². The van der Waals surface area contributed by atoms with E-state index in [1.54, 1.807) is 7.11 Å². The molecular formula is C11H16ClN3O. The molecule has 1 aromatic rings. The van der Waals surface area contributed by atoms with Crippen LogP contribution in [0.1, 0.15) is 26.2 Å². The summed E-state index contributed by atoms with van der Waals surface area (Å²) in [5, 5.41) is 0.384. The van der Waals surface area contributed by atoms with Gasteiger partial charge in [0.15, 0.2) is 16.7 Å². The molecule has 88 valence electrons. The molecule has 0 aromatic carbocycles. The molecule has 0 N–H and O–H groups in total. The Bertz CT molecular complexity index is 372. The summed E-state index contributed by atoms with van der Waals surface area (Å²) in [4.78, 5) is 10.5. The lowest BCUT2D eigenvalue weighted by Gasteiger charge is -2.26. The van der Waals surface area contributed by atoms with Crippen LogP contribution in [0.2, 0.25) is 5.15 Å². The van der Waals surface area contributed by atoms with Crippen LogP contribution in [0.3, 0.4) is 0 Å². The van der Waals surface area contributed by atoms with Crippen molar-refractivity contribution in [2.45, 2.75) is 32.2 Å². The molecule has 1 fully saturated rings. The van der Waals surface area contributed by atoms with Gasteiger partial charge in [-0.2, -0.15) is 0 Å². The average Bonchev–Trinajstić information content (AvgIpc) is 2.76. The van der Waals surface area contributed by atoms with Gasteiger partial charge in [-0.1, -0.05) is 18.5 Å². The first-order valence-corrected chi connectivity index (χ1v) is 5.96. The topological polar surface area (TPSA) is 38.2 Å². The summed E-state index contributed by atoms with van der Waals surface area (Å²) in [6.45, 7) is 3.21. The van der Waals surface area contributed by atoms with Crippen molar-refractivity contribution in [3.05, 3.63) is 11.5 Å². The fourth-order valence-corrected chi connectivity index (χ4v) is 2.47. The monoisotopic (exact) mass is 241 g/mol. The Morgan fingerprint density at radius 2 is 2.38 bits per heavy atom. The van der Waals surface area contributed by atoms with Gasteiger partial charge in [-0.05, 0) is 19.3 Å². The maximum absolute atomic E-state index is 6.00. The van der Waals surface area contributed by atoms with E-state index in [-0.39, 0.29) is 0 Å². The average molecular weight is 242 g/mol. The van der Waals surface area contributed by atoms with Gasteiger partial charge >= 0.3 is 0 Å². The van der Waals surface area contributed by atoms with E-state index in [2.05, 4.69) is 21.8 Å². The van der Waals surface area contributed by atoms with Crippen molar-refractivity contribution < 1.29 is 4.74 Å². The minimum absolute atomic E-state index is 0.384. The summed E-state index contributed by atoms with van der Waals surface area (Å²) in [5.41, 5.74) is 0. The number of hydrogen-bond donors (Lipinski definition) is 0. The SMILES string of the molecule is CCC1CCCN1c1ncnc(Cl)c1OC. The van der Waals surface area contributed by atoms with Crippen LogP contribution in [-0.4, -0.2) is 29.7 Å². The maximum atomic E-state index is 6.00. The quantitative estimate of drug-likeness (QED) is 0.763. The van der Waals surface area contributed by atoms with Crippen LogP contribution in [0.25, 0.3) is 0 Å². The van der Waals surface area contributed by atoms with E-state index in [1.807, 2.05) is 0 Å². The van der Waals surface area contributed by atoms with E-state index >= 15 is 0 Å². The summed E-state index contributed by atoms with van der Waals surface area (Å²) in [5.74, 6) is 1.41. The van der Waals surface area contributed by atoms with Crippen molar-refractivity contribution in [1.82, 2.24) is 9.97 Å². The number of methoxy groups -OCH3 is 1. The lowest BCUT2D eigenvalue weighted by atomic mass is 10.2. The van der Waals surface area contributed by atoms with E-state index < -0.39 is 0 Å². The molecule has 1 aromatic heterocycles. The highest BCUT2D eigenvalue weighted by atomic mass is 35.5. The van der Waals surface area contributed by atoms with Crippen molar-refractivity contribution >= 4 is 17.4 Å². The fraction of sp³-hybridized carbons (Fsp3) is 0.636. The second kappa shape index (κ2) is 4.87. The molecule has 0 bridgehead atoms. The smallest absolute Gasteiger partial charge is 0.199 e. The second-order valence-electron chi connectivity index (χ2n) is 3.92. The third-order valence-electron chi connectivity index (χ3n) is 3.07. The Balaban J connectivity index is 2.35. The molecule has 1 unspecified atom stereocenters. The van der Waals surface area contributed by atoms with Gasteiger partial charge in [-0.3, -0.25) is 0 Å². The Morgan fingerprint density at radius 3 is 3.06 bits per heavy atom. The second-order valence-corrected chi connectivity index (χ2v) is 4.28. The lowest BCUT2D eigenvalue weighted by molar-refractivity contribution is 0.409. The van der Waals surface area contributed by atoms with Gasteiger partial charge in [0.25, 0.3) is 0 Å². The molecule has 1 atom stereocenters. The Labute approximate surface area is 101 Å². The zero-order valence-corrected chi connectivity index (χ0v) is 10.4. The van der Waals surface area contributed by atoms with Crippen LogP contribution in [-0.2, 0) is 0 Å². The van der Waals surface area contributed by atoms with Crippen LogP contribution >= 0.6 is 11.6 Å². The third-order valence-corrected chi connectivity index (χ3v) is 3.34. The van der Waals surface area contributed by atoms with Crippen molar-refractivity contribution in [1.29, 1.82) is 0 Å². The highest BCUT2D eigenvalue weighted by Gasteiger charge is 2.27. The lowest BCUT2D eigenvalue weighted by Crippen LogP contribution is -2.29. The molecule has 2 rings (SSSR count). The van der Waals surface area contributed by atoms with E-state index in [9.17, 15) is 0 Å². The maximum Gasteiger partial charge on any atom is 0.199 e. The predicted octanol–water partition coefficient (Wildman–Crippen LogP) is 2.52. The number of nitrogens with zero attached hydrogens (tertiary/aromatic N) is 3. The fourth-order valence-electron chi connectivity index (χ4n) is 2.26. The van der Waals surface area contributed by atoms with Crippen LogP contribution < -0.4 is 9.64 Å². The highest BCUT2D eigenvalue weighted by Crippen LogP contribution is 2.35. The molecule has 0 spiro atoms. The molecule has 0 saturated carbocycles. The van der Waals surface area contributed by atoms with Gasteiger partial charge in [0.1, 0.15) is 6.33 Å². The first kappa shape index (κ1) is 11.5. The molecule has 2 heterocycles. The number of hydrogen-bond acceptors (Lipinski definition) is 4. The molecule has 0 aliphatic carbocycles. The largest absolute Gasteiger partial charge is 0.490 e. The molecule has 0 amide bonds. The van der Waals surface area contributed by atoms with E-state index in [1.165, 1.54) is 19.2 Å². The number of aromatic nitrogens is 2. The molecule has 4 nitrogen and oxygen atoms in total. The Kier molecular flexibility index (Phi) is 3.49. The summed E-state index contributed by atoms with van der Waals surface area (Å²) in [6, 6.07) is 0.542. The van der Waals surface area contributed by atoms with Crippen molar-refractivity contribution in [3.63, 3.8) is 0 Å². The molecule has 5 heteroatoms. The zero-order chi connectivity index (χ0) is 11.5. The van der Waals surface area contributed by atoms with Gasteiger partial charge in [0.2, 0.25) is 0 Å². The minimum Gasteiger partial charge on any atom is -0.490 e. The highest BCUT2D eigenvalue weighted by molar-refractivity contribution is 6.31. The molecule has 1 saturated heterocycles. The number of rotatable bonds is 3. The number of anilines is 1. The summed E-state index contributed by atoms with van der Waals surface area (Å²) >= 11 is 6.00. The normalized spacial score (nSPS) is 20.2. The van der Waals surface area contributed by atoms with Crippen molar-refractivity contribution in [2.24, 2.45) is 0 Å². The molecular weight excluding hydrogens is 226 g/mol. The molecule has 1 aliphatic heterocycles. The summed E-state index contributed by atoms with van der Waals surface area (Å²) in [6.07, 6.45) is 5.01. The molecule has 1 aliphatic rings.